The van der Waals surface area contributed by atoms with Crippen LogP contribution in [-0.4, -0.2) is 30.7 Å². The van der Waals surface area contributed by atoms with Gasteiger partial charge in [0.05, 0.1) is 0 Å². The Bertz CT molecular complexity index is 1030. The molecule has 4 aromatic rings. The number of benzene rings is 2. The molecule has 2 aromatic carbocycles. The normalized spacial score (nSPS) is 11.4. The van der Waals surface area contributed by atoms with Crippen molar-refractivity contribution in [2.75, 3.05) is 0 Å². The Hall–Kier alpha value is -2.65. The summed E-state index contributed by atoms with van der Waals surface area (Å²) in [5, 5.41) is 0.903. The second-order valence-corrected chi connectivity index (χ2v) is 7.74. The molecule has 0 saturated carbocycles. The fraction of sp³-hybridized carbons (Fsp3) is 0. The Morgan fingerprint density at radius 3 is 2.24 bits per heavy atom. The molecule has 0 atom stereocenters. The number of para-hydroxylation sites is 1. The van der Waals surface area contributed by atoms with Crippen LogP contribution in [0.3, 0.4) is 0 Å². The standard InChI is InChI=1S/C19H11AsF2N3/c21-14-5-3-6-15(22)17(14)19-24-16-7-2-1-4-13(16)18(25-19)20-12-8-10-23-11-9-12/h1-11H. The molecule has 0 unspecified atom stereocenters. The minimum atomic E-state index is -0.665. The molecule has 25 heavy (non-hydrogen) atoms. The maximum absolute atomic E-state index is 14.2. The van der Waals surface area contributed by atoms with Gasteiger partial charge in [0.25, 0.3) is 0 Å². The fourth-order valence-electron chi connectivity index (χ4n) is 2.51. The van der Waals surface area contributed by atoms with Crippen molar-refractivity contribution in [1.82, 2.24) is 15.0 Å². The summed E-state index contributed by atoms with van der Waals surface area (Å²) in [4.78, 5) is 12.9. The van der Waals surface area contributed by atoms with E-state index in [1.165, 1.54) is 18.2 Å². The zero-order valence-electron chi connectivity index (χ0n) is 12.9. The topological polar surface area (TPSA) is 38.7 Å². The van der Waals surface area contributed by atoms with Gasteiger partial charge in [-0.15, -0.1) is 0 Å². The van der Waals surface area contributed by atoms with Crippen LogP contribution in [0.25, 0.3) is 22.3 Å². The monoisotopic (exact) mass is 394 g/mol. The summed E-state index contributed by atoms with van der Waals surface area (Å²) in [6.45, 7) is 0. The molecule has 0 saturated heterocycles. The molecule has 4 rings (SSSR count). The van der Waals surface area contributed by atoms with Crippen molar-refractivity contribution in [3.8, 4) is 11.4 Å². The van der Waals surface area contributed by atoms with Crippen molar-refractivity contribution >= 4 is 35.5 Å². The van der Waals surface area contributed by atoms with Crippen molar-refractivity contribution in [2.45, 2.75) is 0 Å². The van der Waals surface area contributed by atoms with Crippen LogP contribution in [0.5, 0.6) is 0 Å². The fourth-order valence-corrected chi connectivity index (χ4v) is 4.57. The van der Waals surface area contributed by atoms with Crippen molar-refractivity contribution < 1.29 is 8.78 Å². The van der Waals surface area contributed by atoms with Crippen molar-refractivity contribution in [3.63, 3.8) is 0 Å². The van der Waals surface area contributed by atoms with Gasteiger partial charge in [-0.1, -0.05) is 0 Å². The van der Waals surface area contributed by atoms with E-state index in [2.05, 4.69) is 15.0 Å². The van der Waals surface area contributed by atoms with Gasteiger partial charge in [0.1, 0.15) is 0 Å². The molecular formula is C19H11AsF2N3. The molecule has 3 nitrogen and oxygen atoms in total. The Morgan fingerprint density at radius 2 is 1.48 bits per heavy atom. The Labute approximate surface area is 149 Å². The molecule has 121 valence electrons. The van der Waals surface area contributed by atoms with E-state index < -0.39 is 27.4 Å². The second-order valence-electron chi connectivity index (χ2n) is 5.30. The molecule has 0 spiro atoms. The number of halogens is 2. The molecular weight excluding hydrogens is 383 g/mol. The molecule has 0 N–H and O–H groups in total. The SMILES string of the molecule is Fc1cccc(F)c1-c1nc([As]c2ccncc2)c2ccccc2n1. The van der Waals surface area contributed by atoms with E-state index in [0.29, 0.717) is 5.52 Å². The van der Waals surface area contributed by atoms with Crippen LogP contribution in [0.1, 0.15) is 0 Å². The van der Waals surface area contributed by atoms with Gasteiger partial charge in [0.2, 0.25) is 0 Å². The first-order valence-electron chi connectivity index (χ1n) is 7.55. The molecule has 0 aliphatic carbocycles. The van der Waals surface area contributed by atoms with Crippen LogP contribution in [-0.2, 0) is 0 Å². The number of nitrogens with zero attached hydrogens (tertiary/aromatic N) is 3. The zero-order valence-corrected chi connectivity index (χ0v) is 14.8. The summed E-state index contributed by atoms with van der Waals surface area (Å²) < 4.78 is 30.3. The van der Waals surface area contributed by atoms with E-state index in [0.717, 1.165) is 14.2 Å². The van der Waals surface area contributed by atoms with Gasteiger partial charge >= 0.3 is 149 Å². The molecule has 0 bridgehead atoms. The number of hydrogen-bond acceptors (Lipinski definition) is 3. The van der Waals surface area contributed by atoms with E-state index in [4.69, 9.17) is 0 Å². The number of aromatic nitrogens is 3. The van der Waals surface area contributed by atoms with Gasteiger partial charge in [0.15, 0.2) is 0 Å². The van der Waals surface area contributed by atoms with Crippen LogP contribution in [0.2, 0.25) is 0 Å². The molecule has 0 aliphatic heterocycles. The molecule has 2 aromatic heterocycles. The van der Waals surface area contributed by atoms with Crippen molar-refractivity contribution in [3.05, 3.63) is 78.6 Å². The second kappa shape index (κ2) is 6.69. The first-order chi connectivity index (χ1) is 12.2. The van der Waals surface area contributed by atoms with E-state index >= 15 is 0 Å². The van der Waals surface area contributed by atoms with E-state index in [9.17, 15) is 8.78 Å². The van der Waals surface area contributed by atoms with Crippen molar-refractivity contribution in [2.24, 2.45) is 0 Å². The average Bonchev–Trinajstić information content (AvgIpc) is 2.62. The van der Waals surface area contributed by atoms with Crippen molar-refractivity contribution in [1.29, 1.82) is 0 Å². The van der Waals surface area contributed by atoms with Crippen LogP contribution in [0, 0.1) is 11.6 Å². The number of rotatable bonds is 3. The summed E-state index contributed by atoms with van der Waals surface area (Å²) in [5.41, 5.74) is 0.486. The third-order valence-electron chi connectivity index (χ3n) is 3.67. The van der Waals surface area contributed by atoms with Gasteiger partial charge in [-0.25, -0.2) is 0 Å². The van der Waals surface area contributed by atoms with Gasteiger partial charge in [-0.05, 0) is 0 Å². The van der Waals surface area contributed by atoms with Crippen LogP contribution in [0.4, 0.5) is 8.78 Å². The Kier molecular flexibility index (Phi) is 4.24. The van der Waals surface area contributed by atoms with E-state index in [1.807, 2.05) is 36.4 Å². The van der Waals surface area contributed by atoms with E-state index in [-0.39, 0.29) is 11.4 Å². The molecule has 1 radical (unpaired) electrons. The zero-order chi connectivity index (χ0) is 17.2. The molecule has 0 amide bonds. The van der Waals surface area contributed by atoms with Crippen LogP contribution >= 0.6 is 0 Å². The number of fused-ring (bicyclic) bond motifs is 1. The van der Waals surface area contributed by atoms with Gasteiger partial charge in [-0.2, -0.15) is 0 Å². The third kappa shape index (κ3) is 3.15. The predicted molar refractivity (Wildman–Crippen MR) is 94.1 cm³/mol. The van der Waals surface area contributed by atoms with Crippen LogP contribution < -0.4 is 8.83 Å². The first kappa shape index (κ1) is 15.9. The molecule has 6 heteroatoms. The Morgan fingerprint density at radius 1 is 0.760 bits per heavy atom. The van der Waals surface area contributed by atoms with Gasteiger partial charge in [0, 0.05) is 0 Å². The summed E-state index contributed by atoms with van der Waals surface area (Å²) in [5.74, 6) is -1.25. The predicted octanol–water partition coefficient (Wildman–Crippen LogP) is 2.63. The van der Waals surface area contributed by atoms with Crippen LogP contribution in [0.15, 0.2) is 67.0 Å². The summed E-state index contributed by atoms with van der Waals surface area (Å²) in [6, 6.07) is 15.1. The summed E-state index contributed by atoms with van der Waals surface area (Å²) >= 11 is -0.467. The van der Waals surface area contributed by atoms with Gasteiger partial charge in [-0.3, -0.25) is 0 Å². The third-order valence-corrected chi connectivity index (χ3v) is 5.99. The Balaban J connectivity index is 1.93. The van der Waals surface area contributed by atoms with Gasteiger partial charge < -0.3 is 0 Å². The summed E-state index contributed by atoms with van der Waals surface area (Å²) in [6.07, 6.45) is 3.46. The molecule has 0 aliphatic rings. The van der Waals surface area contributed by atoms with E-state index in [1.54, 1.807) is 12.4 Å². The maximum atomic E-state index is 14.2. The number of hydrogen-bond donors (Lipinski definition) is 0. The quantitative estimate of drug-likeness (QED) is 0.502. The molecule has 0 fully saturated rings. The number of pyridine rings is 1. The summed E-state index contributed by atoms with van der Waals surface area (Å²) in [7, 11) is 0. The first-order valence-corrected chi connectivity index (χ1v) is 9.43. The average molecular weight is 394 g/mol. The molecule has 2 heterocycles. The minimum absolute atomic E-state index is 0.0775.